The Morgan fingerprint density at radius 2 is 1.80 bits per heavy atom. The molecular weight excluding hydrogens is 409 g/mol. The van der Waals surface area contributed by atoms with E-state index < -0.39 is 5.91 Å². The number of aliphatic hydroxyl groups is 1. The molecule has 2 aromatic carbocycles. The molecule has 30 heavy (non-hydrogen) atoms. The van der Waals surface area contributed by atoms with Crippen LogP contribution in [0.3, 0.4) is 0 Å². The van der Waals surface area contributed by atoms with Crippen LogP contribution in [0.5, 0.6) is 0 Å². The van der Waals surface area contributed by atoms with Crippen molar-refractivity contribution in [3.63, 3.8) is 0 Å². The summed E-state index contributed by atoms with van der Waals surface area (Å²) in [5, 5.41) is 21.4. The van der Waals surface area contributed by atoms with Crippen molar-refractivity contribution >= 4 is 23.3 Å². The Labute approximate surface area is 176 Å². The minimum atomic E-state index is -0.433. The predicted molar refractivity (Wildman–Crippen MR) is 111 cm³/mol. The molecule has 0 unspecified atom stereocenters. The van der Waals surface area contributed by atoms with Gasteiger partial charge >= 0.3 is 0 Å². The summed E-state index contributed by atoms with van der Waals surface area (Å²) in [5.41, 5.74) is 2.27. The van der Waals surface area contributed by atoms with E-state index in [0.29, 0.717) is 22.2 Å². The first-order chi connectivity index (χ1) is 14.5. The maximum atomic E-state index is 13.1. The van der Waals surface area contributed by atoms with Gasteiger partial charge in [-0.1, -0.05) is 23.7 Å². The average Bonchev–Trinajstić information content (AvgIpc) is 3.38. The van der Waals surface area contributed by atoms with Crippen LogP contribution in [0, 0.1) is 5.82 Å². The number of amides is 1. The van der Waals surface area contributed by atoms with Crippen molar-refractivity contribution in [2.75, 3.05) is 11.9 Å². The van der Waals surface area contributed by atoms with E-state index in [2.05, 4.69) is 15.5 Å². The number of halogens is 2. The van der Waals surface area contributed by atoms with Gasteiger partial charge in [-0.3, -0.25) is 4.79 Å². The van der Waals surface area contributed by atoms with E-state index in [-0.39, 0.29) is 24.7 Å². The first-order valence-electron chi connectivity index (χ1n) is 9.11. The van der Waals surface area contributed by atoms with Crippen molar-refractivity contribution < 1.29 is 14.3 Å². The van der Waals surface area contributed by atoms with Crippen LogP contribution in [0.2, 0.25) is 5.02 Å². The highest BCUT2D eigenvalue weighted by atomic mass is 35.5. The van der Waals surface area contributed by atoms with E-state index in [4.69, 9.17) is 11.6 Å². The van der Waals surface area contributed by atoms with Crippen LogP contribution in [-0.2, 0) is 6.54 Å². The number of benzene rings is 2. The second kappa shape index (κ2) is 8.48. The molecule has 0 radical (unpaired) electrons. The molecule has 152 valence electrons. The van der Waals surface area contributed by atoms with Crippen molar-refractivity contribution in [3.8, 4) is 16.9 Å². The van der Waals surface area contributed by atoms with E-state index in [1.54, 1.807) is 42.6 Å². The molecule has 2 N–H and O–H groups in total. The van der Waals surface area contributed by atoms with Gasteiger partial charge in [-0.05, 0) is 42.5 Å². The SMILES string of the molecule is O=C(Nc1cc(-c2ccc(Cl)cc2)nn1CCO)c1ccn(-c2ccc(F)cc2)n1. The average molecular weight is 426 g/mol. The Hall–Kier alpha value is -3.49. The quantitative estimate of drug-likeness (QED) is 0.492. The molecule has 1 amide bonds. The van der Waals surface area contributed by atoms with Gasteiger partial charge in [-0.2, -0.15) is 10.2 Å². The number of hydrogen-bond donors (Lipinski definition) is 2. The summed E-state index contributed by atoms with van der Waals surface area (Å²) in [4.78, 5) is 12.7. The lowest BCUT2D eigenvalue weighted by molar-refractivity contribution is 0.102. The highest BCUT2D eigenvalue weighted by Gasteiger charge is 2.16. The molecule has 7 nitrogen and oxygen atoms in total. The summed E-state index contributed by atoms with van der Waals surface area (Å²) in [6.45, 7) is 0.0804. The van der Waals surface area contributed by atoms with Gasteiger partial charge in [-0.15, -0.1) is 0 Å². The summed E-state index contributed by atoms with van der Waals surface area (Å²) in [6.07, 6.45) is 1.62. The molecule has 0 saturated carbocycles. The standard InChI is InChI=1S/C21H17ClFN5O2/c22-15-3-1-14(2-4-15)19-13-20(28(26-19)11-12-29)24-21(30)18-9-10-27(25-18)17-7-5-16(23)6-8-17/h1-10,13,29H,11-12H2,(H,24,30). The summed E-state index contributed by atoms with van der Waals surface area (Å²) in [7, 11) is 0. The number of aliphatic hydroxyl groups excluding tert-OH is 1. The first-order valence-corrected chi connectivity index (χ1v) is 9.49. The number of carbonyl (C=O) groups excluding carboxylic acids is 1. The summed E-state index contributed by atoms with van der Waals surface area (Å²) < 4.78 is 16.1. The maximum Gasteiger partial charge on any atom is 0.277 e. The summed E-state index contributed by atoms with van der Waals surface area (Å²) in [5.74, 6) is -0.356. The van der Waals surface area contributed by atoms with Crippen molar-refractivity contribution in [2.45, 2.75) is 6.54 Å². The molecule has 0 aliphatic heterocycles. The number of hydrogen-bond acceptors (Lipinski definition) is 4. The molecule has 0 aliphatic carbocycles. The zero-order valence-corrected chi connectivity index (χ0v) is 16.4. The van der Waals surface area contributed by atoms with E-state index >= 15 is 0 Å². The van der Waals surface area contributed by atoms with Gasteiger partial charge in [0.05, 0.1) is 24.5 Å². The van der Waals surface area contributed by atoms with Crippen LogP contribution in [0.15, 0.2) is 66.9 Å². The molecule has 4 aromatic rings. The van der Waals surface area contributed by atoms with Gasteiger partial charge in [0.2, 0.25) is 0 Å². The van der Waals surface area contributed by atoms with Crippen molar-refractivity contribution in [2.24, 2.45) is 0 Å². The van der Waals surface area contributed by atoms with E-state index in [0.717, 1.165) is 5.56 Å². The molecule has 0 atom stereocenters. The first kappa shape index (κ1) is 19.8. The highest BCUT2D eigenvalue weighted by Crippen LogP contribution is 2.24. The minimum Gasteiger partial charge on any atom is -0.394 e. The highest BCUT2D eigenvalue weighted by molar-refractivity contribution is 6.30. The van der Waals surface area contributed by atoms with Gasteiger partial charge in [0.15, 0.2) is 5.69 Å². The molecule has 0 aliphatic rings. The molecule has 9 heteroatoms. The van der Waals surface area contributed by atoms with Crippen molar-refractivity contribution in [1.82, 2.24) is 19.6 Å². The fourth-order valence-electron chi connectivity index (χ4n) is 2.91. The van der Waals surface area contributed by atoms with Crippen LogP contribution in [0.25, 0.3) is 16.9 Å². The molecule has 2 heterocycles. The van der Waals surface area contributed by atoms with Crippen molar-refractivity contribution in [3.05, 3.63) is 83.4 Å². The van der Waals surface area contributed by atoms with E-state index in [9.17, 15) is 14.3 Å². The van der Waals surface area contributed by atoms with Crippen LogP contribution in [0.4, 0.5) is 10.2 Å². The number of nitrogens with one attached hydrogen (secondary N) is 1. The minimum absolute atomic E-state index is 0.135. The Morgan fingerprint density at radius 1 is 1.07 bits per heavy atom. The summed E-state index contributed by atoms with van der Waals surface area (Å²) in [6, 6.07) is 16.2. The van der Waals surface area contributed by atoms with Crippen LogP contribution in [-0.4, -0.2) is 37.2 Å². The third-order valence-corrected chi connectivity index (χ3v) is 4.64. The fraction of sp³-hybridized carbons (Fsp3) is 0.0952. The smallest absolute Gasteiger partial charge is 0.277 e. The van der Waals surface area contributed by atoms with Crippen LogP contribution in [0.1, 0.15) is 10.5 Å². The lowest BCUT2D eigenvalue weighted by Gasteiger charge is -2.06. The Kier molecular flexibility index (Phi) is 5.60. The van der Waals surface area contributed by atoms with Gasteiger partial charge in [0, 0.05) is 22.8 Å². The van der Waals surface area contributed by atoms with E-state index in [1.165, 1.54) is 21.5 Å². The molecule has 4 rings (SSSR count). The maximum absolute atomic E-state index is 13.1. The van der Waals surface area contributed by atoms with Crippen molar-refractivity contribution in [1.29, 1.82) is 0 Å². The molecule has 0 fully saturated rings. The topological polar surface area (TPSA) is 85.0 Å². The second-order valence-corrected chi connectivity index (χ2v) is 6.88. The zero-order chi connectivity index (χ0) is 21.1. The molecule has 0 bridgehead atoms. The predicted octanol–water partition coefficient (Wildman–Crippen LogP) is 3.77. The second-order valence-electron chi connectivity index (χ2n) is 6.44. The molecular formula is C21H17ClFN5O2. The van der Waals surface area contributed by atoms with E-state index in [1.807, 2.05) is 12.1 Å². The Balaban J connectivity index is 1.56. The fourth-order valence-corrected chi connectivity index (χ4v) is 3.03. The van der Waals surface area contributed by atoms with Gasteiger partial charge in [-0.25, -0.2) is 13.8 Å². The normalized spacial score (nSPS) is 10.9. The number of rotatable bonds is 6. The zero-order valence-electron chi connectivity index (χ0n) is 15.7. The van der Waals surface area contributed by atoms with Gasteiger partial charge in [0.1, 0.15) is 11.6 Å². The van der Waals surface area contributed by atoms with Gasteiger partial charge < -0.3 is 10.4 Å². The number of aromatic nitrogens is 4. The van der Waals surface area contributed by atoms with Crippen LogP contribution >= 0.6 is 11.6 Å². The van der Waals surface area contributed by atoms with Gasteiger partial charge in [0.25, 0.3) is 5.91 Å². The number of anilines is 1. The monoisotopic (exact) mass is 425 g/mol. The Bertz CT molecular complexity index is 1170. The Morgan fingerprint density at radius 3 is 2.50 bits per heavy atom. The third kappa shape index (κ3) is 4.24. The molecule has 0 spiro atoms. The number of carbonyl (C=O) groups is 1. The summed E-state index contributed by atoms with van der Waals surface area (Å²) >= 11 is 5.93. The number of nitrogens with zero attached hydrogens (tertiary/aromatic N) is 4. The molecule has 0 saturated heterocycles. The molecule has 2 aromatic heterocycles. The third-order valence-electron chi connectivity index (χ3n) is 4.39. The lowest BCUT2D eigenvalue weighted by atomic mass is 10.1. The lowest BCUT2D eigenvalue weighted by Crippen LogP contribution is -2.17. The largest absolute Gasteiger partial charge is 0.394 e. The van der Waals surface area contributed by atoms with Crippen LogP contribution < -0.4 is 5.32 Å².